The number of hydrogen-bond acceptors (Lipinski definition) is 5. The van der Waals surface area contributed by atoms with Crippen molar-refractivity contribution in [1.29, 1.82) is 0 Å². The molecule has 0 saturated heterocycles. The van der Waals surface area contributed by atoms with Gasteiger partial charge in [0.2, 0.25) is 11.7 Å². The van der Waals surface area contributed by atoms with E-state index >= 15 is 0 Å². The standard InChI is InChI=1S/C9H10N2O5S/c10-9(15)11-6(12)3-4-17-7-2-1-5(16-7)8(13)14/h1-2H,3-4H2,(H,13,14)(H3,10,11,12,15). The highest BCUT2D eigenvalue weighted by atomic mass is 32.2. The summed E-state index contributed by atoms with van der Waals surface area (Å²) in [5.41, 5.74) is 4.75. The minimum absolute atomic E-state index is 0.0801. The largest absolute Gasteiger partial charge is 0.475 e. The number of amides is 3. The maximum Gasteiger partial charge on any atom is 0.371 e. The van der Waals surface area contributed by atoms with Crippen molar-refractivity contribution >= 4 is 29.7 Å². The van der Waals surface area contributed by atoms with Crippen molar-refractivity contribution < 1.29 is 23.9 Å². The summed E-state index contributed by atoms with van der Waals surface area (Å²) in [6.07, 6.45) is 0.0801. The van der Waals surface area contributed by atoms with Crippen molar-refractivity contribution in [2.75, 3.05) is 5.75 Å². The number of nitrogens with two attached hydrogens (primary N) is 1. The second-order valence-electron chi connectivity index (χ2n) is 2.93. The molecule has 0 aliphatic carbocycles. The molecule has 0 bridgehead atoms. The molecule has 92 valence electrons. The van der Waals surface area contributed by atoms with E-state index in [9.17, 15) is 14.4 Å². The van der Waals surface area contributed by atoms with Gasteiger partial charge in [0.1, 0.15) is 0 Å². The fourth-order valence-corrected chi connectivity index (χ4v) is 1.76. The molecule has 0 spiro atoms. The molecule has 0 unspecified atom stereocenters. The van der Waals surface area contributed by atoms with Crippen LogP contribution in [0.25, 0.3) is 0 Å². The topological polar surface area (TPSA) is 123 Å². The van der Waals surface area contributed by atoms with Gasteiger partial charge in [0.05, 0.1) is 0 Å². The third-order valence-corrected chi connectivity index (χ3v) is 2.54. The maximum absolute atomic E-state index is 11.0. The van der Waals surface area contributed by atoms with Crippen LogP contribution in [0.5, 0.6) is 0 Å². The van der Waals surface area contributed by atoms with Gasteiger partial charge in [-0.15, -0.1) is 0 Å². The predicted octanol–water partition coefficient (Wildman–Crippen LogP) is 0.655. The highest BCUT2D eigenvalue weighted by Gasteiger charge is 2.10. The summed E-state index contributed by atoms with van der Waals surface area (Å²) in [4.78, 5) is 31.8. The lowest BCUT2D eigenvalue weighted by Gasteiger charge is -1.99. The minimum atomic E-state index is -1.15. The molecule has 0 fully saturated rings. The summed E-state index contributed by atoms with van der Waals surface area (Å²) < 4.78 is 4.95. The smallest absolute Gasteiger partial charge is 0.371 e. The zero-order valence-corrected chi connectivity index (χ0v) is 9.45. The Morgan fingerprint density at radius 1 is 1.41 bits per heavy atom. The Morgan fingerprint density at radius 2 is 2.12 bits per heavy atom. The van der Waals surface area contributed by atoms with Crippen LogP contribution in [0.15, 0.2) is 21.6 Å². The summed E-state index contributed by atoms with van der Waals surface area (Å²) in [7, 11) is 0. The number of carbonyl (C=O) groups is 3. The molecule has 8 heteroatoms. The number of furan rings is 1. The van der Waals surface area contributed by atoms with Crippen LogP contribution < -0.4 is 11.1 Å². The highest BCUT2D eigenvalue weighted by molar-refractivity contribution is 7.99. The molecule has 3 amide bonds. The van der Waals surface area contributed by atoms with Crippen LogP contribution in [-0.2, 0) is 4.79 Å². The number of nitrogens with one attached hydrogen (secondary N) is 1. The Morgan fingerprint density at radius 3 is 2.65 bits per heavy atom. The van der Waals surface area contributed by atoms with Crippen LogP contribution >= 0.6 is 11.8 Å². The van der Waals surface area contributed by atoms with Crippen molar-refractivity contribution in [3.8, 4) is 0 Å². The number of carboxylic acid groups (broad SMARTS) is 1. The third-order valence-electron chi connectivity index (χ3n) is 1.63. The zero-order valence-electron chi connectivity index (χ0n) is 8.63. The summed E-state index contributed by atoms with van der Waals surface area (Å²) in [6, 6.07) is 1.93. The van der Waals surface area contributed by atoms with Gasteiger partial charge in [0, 0.05) is 12.2 Å². The first-order chi connectivity index (χ1) is 7.99. The van der Waals surface area contributed by atoms with Gasteiger partial charge >= 0.3 is 12.0 Å². The van der Waals surface area contributed by atoms with E-state index in [2.05, 4.69) is 0 Å². The number of imide groups is 1. The summed E-state index contributed by atoms with van der Waals surface area (Å²) in [5.74, 6) is -1.45. The van der Waals surface area contributed by atoms with Gasteiger partial charge in [-0.1, -0.05) is 11.8 Å². The van der Waals surface area contributed by atoms with E-state index in [1.54, 1.807) is 0 Å². The van der Waals surface area contributed by atoms with Gasteiger partial charge in [-0.25, -0.2) is 9.59 Å². The summed E-state index contributed by atoms with van der Waals surface area (Å²) >= 11 is 1.17. The van der Waals surface area contributed by atoms with E-state index in [4.69, 9.17) is 15.3 Å². The monoisotopic (exact) mass is 258 g/mol. The van der Waals surface area contributed by atoms with Crippen molar-refractivity contribution in [2.24, 2.45) is 5.73 Å². The second-order valence-corrected chi connectivity index (χ2v) is 4.03. The first kappa shape index (κ1) is 13.1. The van der Waals surface area contributed by atoms with E-state index in [1.807, 2.05) is 5.32 Å². The van der Waals surface area contributed by atoms with Gasteiger partial charge < -0.3 is 15.3 Å². The van der Waals surface area contributed by atoms with Gasteiger partial charge in [-0.05, 0) is 12.1 Å². The molecular formula is C9H10N2O5S. The van der Waals surface area contributed by atoms with Crippen molar-refractivity contribution in [1.82, 2.24) is 5.32 Å². The molecule has 17 heavy (non-hydrogen) atoms. The Labute approximate surface area is 100 Å². The summed E-state index contributed by atoms with van der Waals surface area (Å²) in [5, 5.41) is 10.9. The van der Waals surface area contributed by atoms with Crippen LogP contribution in [0, 0.1) is 0 Å². The van der Waals surface area contributed by atoms with Gasteiger partial charge in [0.25, 0.3) is 0 Å². The van der Waals surface area contributed by atoms with E-state index in [1.165, 1.54) is 23.9 Å². The third kappa shape index (κ3) is 4.60. The quantitative estimate of drug-likeness (QED) is 0.666. The van der Waals surface area contributed by atoms with Gasteiger partial charge in [-0.2, -0.15) is 0 Å². The molecule has 1 rings (SSSR count). The first-order valence-electron chi connectivity index (χ1n) is 4.54. The second kappa shape index (κ2) is 5.94. The lowest BCUT2D eigenvalue weighted by molar-refractivity contribution is -0.119. The molecule has 0 aliphatic rings. The Kier molecular flexibility index (Phi) is 4.58. The number of aromatic carboxylic acids is 1. The van der Waals surface area contributed by atoms with Crippen LogP contribution in [0.2, 0.25) is 0 Å². The number of primary amides is 1. The Hall–Kier alpha value is -1.96. The molecule has 1 aromatic heterocycles. The fourth-order valence-electron chi connectivity index (χ4n) is 0.957. The summed E-state index contributed by atoms with van der Waals surface area (Å²) in [6.45, 7) is 0. The lowest BCUT2D eigenvalue weighted by atomic mass is 10.4. The van der Waals surface area contributed by atoms with Gasteiger partial charge in [-0.3, -0.25) is 10.1 Å². The molecule has 0 aliphatic heterocycles. The number of thioether (sulfide) groups is 1. The average Bonchev–Trinajstić information content (AvgIpc) is 2.65. The molecule has 0 radical (unpaired) electrons. The van der Waals surface area contributed by atoms with E-state index in [0.717, 1.165) is 0 Å². The number of hydrogen-bond donors (Lipinski definition) is 3. The molecule has 1 aromatic rings. The lowest BCUT2D eigenvalue weighted by Crippen LogP contribution is -2.35. The number of carbonyl (C=O) groups excluding carboxylic acids is 2. The van der Waals surface area contributed by atoms with Crippen LogP contribution in [0.1, 0.15) is 17.0 Å². The van der Waals surface area contributed by atoms with E-state index < -0.39 is 17.9 Å². The Balaban J connectivity index is 2.33. The van der Waals surface area contributed by atoms with E-state index in [0.29, 0.717) is 10.8 Å². The highest BCUT2D eigenvalue weighted by Crippen LogP contribution is 2.21. The van der Waals surface area contributed by atoms with Crippen molar-refractivity contribution in [2.45, 2.75) is 11.5 Å². The normalized spacial score (nSPS) is 9.88. The van der Waals surface area contributed by atoms with Crippen LogP contribution in [0.4, 0.5) is 4.79 Å². The predicted molar refractivity (Wildman–Crippen MR) is 58.7 cm³/mol. The minimum Gasteiger partial charge on any atom is -0.475 e. The number of rotatable bonds is 5. The molecule has 0 aromatic carbocycles. The molecule has 1 heterocycles. The number of urea groups is 1. The SMILES string of the molecule is NC(=O)NC(=O)CCSc1ccc(C(=O)O)o1. The maximum atomic E-state index is 11.0. The molecular weight excluding hydrogens is 248 g/mol. The Bertz CT molecular complexity index is 442. The fraction of sp³-hybridized carbons (Fsp3) is 0.222. The van der Waals surface area contributed by atoms with E-state index in [-0.39, 0.29) is 12.2 Å². The van der Waals surface area contributed by atoms with Crippen molar-refractivity contribution in [3.63, 3.8) is 0 Å². The average molecular weight is 258 g/mol. The molecule has 4 N–H and O–H groups in total. The van der Waals surface area contributed by atoms with Crippen molar-refractivity contribution in [3.05, 3.63) is 17.9 Å². The molecule has 7 nitrogen and oxygen atoms in total. The number of carboxylic acids is 1. The van der Waals surface area contributed by atoms with Gasteiger partial charge in [0.15, 0.2) is 5.09 Å². The first-order valence-corrected chi connectivity index (χ1v) is 5.53. The van der Waals surface area contributed by atoms with Crippen LogP contribution in [0.3, 0.4) is 0 Å². The van der Waals surface area contributed by atoms with Crippen LogP contribution in [-0.4, -0.2) is 28.8 Å². The zero-order chi connectivity index (χ0) is 12.8. The molecule has 0 atom stereocenters. The molecule has 0 saturated carbocycles.